The van der Waals surface area contributed by atoms with Gasteiger partial charge in [-0.15, -0.1) is 0 Å². The van der Waals surface area contributed by atoms with Crippen LogP contribution in [0.5, 0.6) is 0 Å². The quantitative estimate of drug-likeness (QED) is 0.886. The highest BCUT2D eigenvalue weighted by atomic mass is 15.1. The molecule has 19 heavy (non-hydrogen) atoms. The van der Waals surface area contributed by atoms with Gasteiger partial charge in [-0.2, -0.15) is 0 Å². The van der Waals surface area contributed by atoms with Crippen molar-refractivity contribution in [2.75, 3.05) is 18.9 Å². The van der Waals surface area contributed by atoms with Gasteiger partial charge in [0, 0.05) is 24.8 Å². The maximum absolute atomic E-state index is 3.48. The molecule has 0 saturated carbocycles. The molecule has 1 aromatic rings. The van der Waals surface area contributed by atoms with Crippen molar-refractivity contribution >= 4 is 5.69 Å². The number of anilines is 1. The summed E-state index contributed by atoms with van der Waals surface area (Å²) in [6.07, 6.45) is 2.47. The molecule has 0 fully saturated rings. The summed E-state index contributed by atoms with van der Waals surface area (Å²) in [6, 6.07) is 7.47. The molecule has 1 atom stereocenters. The third kappa shape index (κ3) is 3.50. The fourth-order valence-electron chi connectivity index (χ4n) is 2.71. The Hall–Kier alpha value is -1.02. The second-order valence-corrected chi connectivity index (χ2v) is 6.98. The second kappa shape index (κ2) is 5.54. The number of aryl methyl sites for hydroxylation is 1. The standard InChI is InChI=1S/C17H28N2/c1-13(17(2,3)4)19(5)12-14-8-9-16-15(11-14)7-6-10-18-16/h8-9,11,13,18H,6-7,10,12H2,1-5H3. The van der Waals surface area contributed by atoms with Crippen LogP contribution in [0, 0.1) is 5.41 Å². The maximum atomic E-state index is 3.48. The number of hydrogen-bond acceptors (Lipinski definition) is 2. The summed E-state index contributed by atoms with van der Waals surface area (Å²) in [5, 5.41) is 3.48. The van der Waals surface area contributed by atoms with Gasteiger partial charge in [0.15, 0.2) is 0 Å². The van der Waals surface area contributed by atoms with Crippen molar-refractivity contribution in [3.63, 3.8) is 0 Å². The molecular formula is C17H28N2. The third-order valence-electron chi connectivity index (χ3n) is 4.45. The summed E-state index contributed by atoms with van der Waals surface area (Å²) in [5.74, 6) is 0. The van der Waals surface area contributed by atoms with Gasteiger partial charge in [0.25, 0.3) is 0 Å². The highest BCUT2D eigenvalue weighted by molar-refractivity contribution is 5.54. The predicted octanol–water partition coefficient (Wildman–Crippen LogP) is 3.91. The SMILES string of the molecule is CC(N(C)Cc1ccc2c(c1)CCCN2)C(C)(C)C. The van der Waals surface area contributed by atoms with Crippen molar-refractivity contribution in [1.82, 2.24) is 4.90 Å². The van der Waals surface area contributed by atoms with E-state index in [2.05, 4.69) is 63.2 Å². The zero-order valence-corrected chi connectivity index (χ0v) is 13.1. The van der Waals surface area contributed by atoms with Gasteiger partial charge in [-0.25, -0.2) is 0 Å². The molecule has 0 saturated heterocycles. The molecule has 0 spiro atoms. The Morgan fingerprint density at radius 1 is 1.32 bits per heavy atom. The number of rotatable bonds is 3. The molecule has 2 rings (SSSR count). The van der Waals surface area contributed by atoms with Crippen LogP contribution in [0.3, 0.4) is 0 Å². The summed E-state index contributed by atoms with van der Waals surface area (Å²) >= 11 is 0. The zero-order chi connectivity index (χ0) is 14.0. The smallest absolute Gasteiger partial charge is 0.0372 e. The summed E-state index contributed by atoms with van der Waals surface area (Å²) in [4.78, 5) is 2.46. The van der Waals surface area contributed by atoms with Crippen LogP contribution in [-0.2, 0) is 13.0 Å². The molecule has 1 aromatic carbocycles. The third-order valence-corrected chi connectivity index (χ3v) is 4.45. The Labute approximate surface area is 118 Å². The van der Waals surface area contributed by atoms with Gasteiger partial charge in [-0.1, -0.05) is 32.9 Å². The summed E-state index contributed by atoms with van der Waals surface area (Å²) in [6.45, 7) is 11.4. The Kier molecular flexibility index (Phi) is 4.19. The van der Waals surface area contributed by atoms with E-state index < -0.39 is 0 Å². The average molecular weight is 260 g/mol. The highest BCUT2D eigenvalue weighted by Crippen LogP contribution is 2.26. The Morgan fingerprint density at radius 3 is 2.74 bits per heavy atom. The molecule has 2 nitrogen and oxygen atoms in total. The molecule has 0 aliphatic carbocycles. The molecule has 0 radical (unpaired) electrons. The molecule has 1 unspecified atom stereocenters. The van der Waals surface area contributed by atoms with E-state index in [9.17, 15) is 0 Å². The summed E-state index contributed by atoms with van der Waals surface area (Å²) in [7, 11) is 2.23. The van der Waals surface area contributed by atoms with Gasteiger partial charge < -0.3 is 5.32 Å². The second-order valence-electron chi connectivity index (χ2n) is 6.98. The van der Waals surface area contributed by atoms with Crippen LogP contribution >= 0.6 is 0 Å². The lowest BCUT2D eigenvalue weighted by Crippen LogP contribution is -2.38. The fraction of sp³-hybridized carbons (Fsp3) is 0.647. The highest BCUT2D eigenvalue weighted by Gasteiger charge is 2.23. The van der Waals surface area contributed by atoms with Gasteiger partial charge in [0.05, 0.1) is 0 Å². The summed E-state index contributed by atoms with van der Waals surface area (Å²) < 4.78 is 0. The van der Waals surface area contributed by atoms with Crippen molar-refractivity contribution < 1.29 is 0 Å². The summed E-state index contributed by atoms with van der Waals surface area (Å²) in [5.41, 5.74) is 4.58. The maximum Gasteiger partial charge on any atom is 0.0372 e. The van der Waals surface area contributed by atoms with Crippen LogP contribution in [0.2, 0.25) is 0 Å². The van der Waals surface area contributed by atoms with Crippen LogP contribution in [0.25, 0.3) is 0 Å². The van der Waals surface area contributed by atoms with Crippen LogP contribution in [0.4, 0.5) is 5.69 Å². The van der Waals surface area contributed by atoms with E-state index in [1.54, 1.807) is 0 Å². The normalized spacial score (nSPS) is 16.9. The molecule has 1 aliphatic rings. The molecule has 2 heteroatoms. The van der Waals surface area contributed by atoms with E-state index in [-0.39, 0.29) is 0 Å². The zero-order valence-electron chi connectivity index (χ0n) is 13.1. The van der Waals surface area contributed by atoms with Crippen LogP contribution < -0.4 is 5.32 Å². The Morgan fingerprint density at radius 2 is 2.05 bits per heavy atom. The van der Waals surface area contributed by atoms with Crippen molar-refractivity contribution in [2.45, 2.75) is 53.1 Å². The van der Waals surface area contributed by atoms with Crippen LogP contribution in [0.15, 0.2) is 18.2 Å². The molecule has 106 valence electrons. The van der Waals surface area contributed by atoms with Crippen LogP contribution in [0.1, 0.15) is 45.2 Å². The Bertz CT molecular complexity index is 431. The first kappa shape index (κ1) is 14.4. The molecule has 1 N–H and O–H groups in total. The minimum absolute atomic E-state index is 0.324. The molecule has 0 aromatic heterocycles. The van der Waals surface area contributed by atoms with E-state index in [1.165, 1.54) is 29.7 Å². The van der Waals surface area contributed by atoms with E-state index in [0.717, 1.165) is 13.1 Å². The van der Waals surface area contributed by atoms with Gasteiger partial charge in [0.2, 0.25) is 0 Å². The van der Waals surface area contributed by atoms with Gasteiger partial charge in [0.1, 0.15) is 0 Å². The van der Waals surface area contributed by atoms with Crippen LogP contribution in [-0.4, -0.2) is 24.5 Å². The minimum Gasteiger partial charge on any atom is -0.385 e. The first-order chi connectivity index (χ1) is 8.88. The molecule has 0 amide bonds. The number of fused-ring (bicyclic) bond motifs is 1. The van der Waals surface area contributed by atoms with E-state index in [1.807, 2.05) is 0 Å². The number of benzene rings is 1. The van der Waals surface area contributed by atoms with Gasteiger partial charge in [-0.05, 0) is 49.4 Å². The van der Waals surface area contributed by atoms with E-state index in [0.29, 0.717) is 11.5 Å². The van der Waals surface area contributed by atoms with Gasteiger partial charge >= 0.3 is 0 Å². The Balaban J connectivity index is 2.07. The fourth-order valence-corrected chi connectivity index (χ4v) is 2.71. The van der Waals surface area contributed by atoms with Gasteiger partial charge in [-0.3, -0.25) is 4.90 Å². The largest absolute Gasteiger partial charge is 0.385 e. The lowest BCUT2D eigenvalue weighted by Gasteiger charge is -2.35. The molecular weight excluding hydrogens is 232 g/mol. The molecule has 0 bridgehead atoms. The first-order valence-electron chi connectivity index (χ1n) is 7.44. The number of nitrogens with zero attached hydrogens (tertiary/aromatic N) is 1. The van der Waals surface area contributed by atoms with E-state index >= 15 is 0 Å². The predicted molar refractivity (Wildman–Crippen MR) is 83.6 cm³/mol. The van der Waals surface area contributed by atoms with Crippen molar-refractivity contribution in [1.29, 1.82) is 0 Å². The monoisotopic (exact) mass is 260 g/mol. The van der Waals surface area contributed by atoms with Crippen molar-refractivity contribution in [3.8, 4) is 0 Å². The number of hydrogen-bond donors (Lipinski definition) is 1. The molecule has 1 heterocycles. The molecule has 1 aliphatic heterocycles. The first-order valence-corrected chi connectivity index (χ1v) is 7.44. The lowest BCUT2D eigenvalue weighted by atomic mass is 9.87. The lowest BCUT2D eigenvalue weighted by molar-refractivity contribution is 0.134. The average Bonchev–Trinajstić information content (AvgIpc) is 2.36. The minimum atomic E-state index is 0.324. The van der Waals surface area contributed by atoms with E-state index in [4.69, 9.17) is 0 Å². The van der Waals surface area contributed by atoms with Crippen molar-refractivity contribution in [3.05, 3.63) is 29.3 Å². The number of nitrogens with one attached hydrogen (secondary N) is 1. The van der Waals surface area contributed by atoms with Crippen molar-refractivity contribution in [2.24, 2.45) is 5.41 Å². The topological polar surface area (TPSA) is 15.3 Å².